The summed E-state index contributed by atoms with van der Waals surface area (Å²) in [5.41, 5.74) is 3.39. The minimum atomic E-state index is -0.0892. The molecule has 18 heavy (non-hydrogen) atoms. The molecule has 2 aromatic rings. The number of benzene rings is 1. The number of H-pyrrole nitrogens is 1. The molecule has 0 radical (unpaired) electrons. The lowest BCUT2D eigenvalue weighted by Gasteiger charge is -2.18. The van der Waals surface area contributed by atoms with Gasteiger partial charge in [0.2, 0.25) is 0 Å². The smallest absolute Gasteiger partial charge is 0.128 e. The minimum absolute atomic E-state index is 0.0892. The molecule has 3 rings (SSSR count). The van der Waals surface area contributed by atoms with Gasteiger partial charge in [-0.2, -0.15) is 5.10 Å². The van der Waals surface area contributed by atoms with Crippen molar-refractivity contribution in [2.75, 3.05) is 5.32 Å². The van der Waals surface area contributed by atoms with Crippen molar-refractivity contribution in [3.63, 3.8) is 0 Å². The van der Waals surface area contributed by atoms with E-state index in [-0.39, 0.29) is 5.60 Å². The van der Waals surface area contributed by atoms with Crippen LogP contribution in [0.25, 0.3) is 0 Å². The molecular weight excluding hydrogens is 226 g/mol. The number of nitrogens with one attached hydrogen (secondary N) is 2. The standard InChI is InChI=1S/C14H17N3O/c1-14(2)6-10-4-3-5-11(13(10)18-14)7-15-12-8-16-17-9-12/h3-5,8-9,15H,6-7H2,1-2H3,(H,16,17). The lowest BCUT2D eigenvalue weighted by molar-refractivity contribution is 0.137. The third kappa shape index (κ3) is 2.06. The van der Waals surface area contributed by atoms with E-state index in [2.05, 4.69) is 47.6 Å². The average Bonchev–Trinajstić information content (AvgIpc) is 2.91. The molecule has 0 unspecified atom stereocenters. The highest BCUT2D eigenvalue weighted by Gasteiger charge is 2.31. The second-order valence-electron chi connectivity index (χ2n) is 5.28. The van der Waals surface area contributed by atoms with Gasteiger partial charge in [-0.1, -0.05) is 18.2 Å². The molecule has 0 atom stereocenters. The number of fused-ring (bicyclic) bond motifs is 1. The van der Waals surface area contributed by atoms with Crippen LogP contribution in [0, 0.1) is 0 Å². The zero-order valence-corrected chi connectivity index (χ0v) is 10.7. The molecule has 4 heteroatoms. The third-order valence-electron chi connectivity index (χ3n) is 3.15. The molecule has 0 aliphatic carbocycles. The van der Waals surface area contributed by atoms with Crippen LogP contribution in [0.5, 0.6) is 5.75 Å². The molecule has 0 saturated carbocycles. The number of rotatable bonds is 3. The van der Waals surface area contributed by atoms with E-state index in [0.717, 1.165) is 24.4 Å². The summed E-state index contributed by atoms with van der Waals surface area (Å²) in [6.07, 6.45) is 4.59. The molecule has 4 nitrogen and oxygen atoms in total. The van der Waals surface area contributed by atoms with Crippen molar-refractivity contribution in [3.8, 4) is 5.75 Å². The van der Waals surface area contributed by atoms with Crippen molar-refractivity contribution < 1.29 is 4.74 Å². The van der Waals surface area contributed by atoms with E-state index >= 15 is 0 Å². The molecule has 2 heterocycles. The van der Waals surface area contributed by atoms with Crippen molar-refractivity contribution in [3.05, 3.63) is 41.7 Å². The molecule has 0 bridgehead atoms. The maximum atomic E-state index is 6.03. The lowest BCUT2D eigenvalue weighted by Crippen LogP contribution is -2.25. The third-order valence-corrected chi connectivity index (χ3v) is 3.15. The Hall–Kier alpha value is -1.97. The van der Waals surface area contributed by atoms with Crippen molar-refractivity contribution in [1.29, 1.82) is 0 Å². The Labute approximate surface area is 106 Å². The molecular formula is C14H17N3O. The van der Waals surface area contributed by atoms with E-state index in [9.17, 15) is 0 Å². The summed E-state index contributed by atoms with van der Waals surface area (Å²) in [4.78, 5) is 0. The Bertz CT molecular complexity index is 546. The molecule has 94 valence electrons. The fourth-order valence-electron chi connectivity index (χ4n) is 2.36. The molecule has 0 spiro atoms. The molecule has 0 fully saturated rings. The van der Waals surface area contributed by atoms with Gasteiger partial charge in [0.15, 0.2) is 0 Å². The number of anilines is 1. The van der Waals surface area contributed by atoms with Crippen molar-refractivity contribution in [2.45, 2.75) is 32.4 Å². The largest absolute Gasteiger partial charge is 0.487 e. The number of hydrogen-bond donors (Lipinski definition) is 2. The van der Waals surface area contributed by atoms with E-state index in [0.29, 0.717) is 0 Å². The predicted molar refractivity (Wildman–Crippen MR) is 70.8 cm³/mol. The summed E-state index contributed by atoms with van der Waals surface area (Å²) < 4.78 is 6.03. The maximum absolute atomic E-state index is 6.03. The van der Waals surface area contributed by atoms with Crippen LogP contribution < -0.4 is 10.1 Å². The van der Waals surface area contributed by atoms with E-state index in [1.807, 2.05) is 6.20 Å². The minimum Gasteiger partial charge on any atom is -0.487 e. The summed E-state index contributed by atoms with van der Waals surface area (Å²) in [6.45, 7) is 5.00. The van der Waals surface area contributed by atoms with E-state index in [1.54, 1.807) is 6.20 Å². The first-order chi connectivity index (χ1) is 8.64. The van der Waals surface area contributed by atoms with Crippen LogP contribution in [-0.4, -0.2) is 15.8 Å². The Morgan fingerprint density at radius 2 is 2.33 bits per heavy atom. The zero-order chi connectivity index (χ0) is 12.6. The van der Waals surface area contributed by atoms with Crippen LogP contribution >= 0.6 is 0 Å². The van der Waals surface area contributed by atoms with Crippen LogP contribution in [0.1, 0.15) is 25.0 Å². The number of ether oxygens (including phenoxy) is 1. The quantitative estimate of drug-likeness (QED) is 0.871. The Kier molecular flexibility index (Phi) is 2.51. The zero-order valence-electron chi connectivity index (χ0n) is 10.7. The van der Waals surface area contributed by atoms with Crippen molar-refractivity contribution in [2.24, 2.45) is 0 Å². The van der Waals surface area contributed by atoms with E-state index < -0.39 is 0 Å². The molecule has 0 saturated heterocycles. The molecule has 0 amide bonds. The molecule has 2 N–H and O–H groups in total. The van der Waals surface area contributed by atoms with Crippen LogP contribution in [-0.2, 0) is 13.0 Å². The summed E-state index contributed by atoms with van der Waals surface area (Å²) in [6, 6.07) is 6.34. The summed E-state index contributed by atoms with van der Waals surface area (Å²) >= 11 is 0. The fourth-order valence-corrected chi connectivity index (χ4v) is 2.36. The van der Waals surface area contributed by atoms with Crippen LogP contribution in [0.15, 0.2) is 30.6 Å². The normalized spacial score (nSPS) is 16.1. The molecule has 1 aliphatic rings. The summed E-state index contributed by atoms with van der Waals surface area (Å²) in [7, 11) is 0. The monoisotopic (exact) mass is 243 g/mol. The summed E-state index contributed by atoms with van der Waals surface area (Å²) in [5, 5.41) is 10.0. The average molecular weight is 243 g/mol. The number of aromatic amines is 1. The summed E-state index contributed by atoms with van der Waals surface area (Å²) in [5.74, 6) is 1.04. The Morgan fingerprint density at radius 3 is 3.11 bits per heavy atom. The molecule has 1 aromatic heterocycles. The van der Waals surface area contributed by atoms with Gasteiger partial charge in [-0.3, -0.25) is 5.10 Å². The SMILES string of the molecule is CC1(C)Cc2cccc(CNc3cn[nH]c3)c2O1. The van der Waals surface area contributed by atoms with Gasteiger partial charge in [0.05, 0.1) is 11.9 Å². The van der Waals surface area contributed by atoms with Gasteiger partial charge in [-0.25, -0.2) is 0 Å². The fraction of sp³-hybridized carbons (Fsp3) is 0.357. The predicted octanol–water partition coefficient (Wildman–Crippen LogP) is 2.74. The topological polar surface area (TPSA) is 49.9 Å². The highest BCUT2D eigenvalue weighted by Crippen LogP contribution is 2.37. The first-order valence-electron chi connectivity index (χ1n) is 6.16. The Balaban J connectivity index is 1.80. The highest BCUT2D eigenvalue weighted by molar-refractivity contribution is 5.48. The van der Waals surface area contributed by atoms with Gasteiger partial charge in [-0.05, 0) is 19.4 Å². The Morgan fingerprint density at radius 1 is 1.44 bits per heavy atom. The van der Waals surface area contributed by atoms with Gasteiger partial charge in [0.25, 0.3) is 0 Å². The van der Waals surface area contributed by atoms with Crippen molar-refractivity contribution in [1.82, 2.24) is 10.2 Å². The van der Waals surface area contributed by atoms with E-state index in [4.69, 9.17) is 4.74 Å². The van der Waals surface area contributed by atoms with Gasteiger partial charge >= 0.3 is 0 Å². The maximum Gasteiger partial charge on any atom is 0.128 e. The van der Waals surface area contributed by atoms with Gasteiger partial charge in [0, 0.05) is 24.7 Å². The first kappa shape index (κ1) is 11.1. The molecule has 1 aromatic carbocycles. The van der Waals surface area contributed by atoms with Gasteiger partial charge in [-0.15, -0.1) is 0 Å². The lowest BCUT2D eigenvalue weighted by atomic mass is 10.0. The van der Waals surface area contributed by atoms with Crippen LogP contribution in [0.4, 0.5) is 5.69 Å². The van der Waals surface area contributed by atoms with Crippen molar-refractivity contribution >= 4 is 5.69 Å². The number of nitrogens with zero attached hydrogens (tertiary/aromatic N) is 1. The second kappa shape index (κ2) is 4.05. The number of para-hydroxylation sites is 1. The van der Waals surface area contributed by atoms with Gasteiger partial charge < -0.3 is 10.1 Å². The number of hydrogen-bond acceptors (Lipinski definition) is 3. The second-order valence-corrected chi connectivity index (χ2v) is 5.28. The van der Waals surface area contributed by atoms with Crippen LogP contribution in [0.3, 0.4) is 0 Å². The van der Waals surface area contributed by atoms with Crippen LogP contribution in [0.2, 0.25) is 0 Å². The highest BCUT2D eigenvalue weighted by atomic mass is 16.5. The van der Waals surface area contributed by atoms with E-state index in [1.165, 1.54) is 11.1 Å². The van der Waals surface area contributed by atoms with Gasteiger partial charge in [0.1, 0.15) is 11.4 Å². The molecule has 1 aliphatic heterocycles. The number of aromatic nitrogens is 2. The first-order valence-corrected chi connectivity index (χ1v) is 6.16.